The lowest BCUT2D eigenvalue weighted by Crippen LogP contribution is -2.38. The highest BCUT2D eigenvalue weighted by Crippen LogP contribution is 2.22. The fourth-order valence-electron chi connectivity index (χ4n) is 2.64. The van der Waals surface area contributed by atoms with Crippen molar-refractivity contribution >= 4 is 17.5 Å². The molecule has 0 saturated carbocycles. The van der Waals surface area contributed by atoms with Gasteiger partial charge in [-0.15, -0.1) is 0 Å². The second kappa shape index (κ2) is 6.33. The molecule has 0 aliphatic carbocycles. The molecule has 5 heteroatoms. The molecule has 2 rings (SSSR count). The van der Waals surface area contributed by atoms with Crippen LogP contribution in [0.2, 0.25) is 5.28 Å². The van der Waals surface area contributed by atoms with Crippen LogP contribution in [0, 0.1) is 12.8 Å². The van der Waals surface area contributed by atoms with E-state index in [2.05, 4.69) is 16.9 Å². The summed E-state index contributed by atoms with van der Waals surface area (Å²) in [5, 5.41) is 0.143. The van der Waals surface area contributed by atoms with Crippen LogP contribution in [-0.4, -0.2) is 33.9 Å². The predicted octanol–water partition coefficient (Wildman–Crippen LogP) is 3.09. The number of rotatable bonds is 3. The molecule has 1 aromatic heterocycles. The summed E-state index contributed by atoms with van der Waals surface area (Å²) >= 11 is 5.80. The Hall–Kier alpha value is -1.16. The maximum atomic E-state index is 12.3. The van der Waals surface area contributed by atoms with Gasteiger partial charge in [0.1, 0.15) is 5.69 Å². The molecule has 0 radical (unpaired) electrons. The Kier molecular flexibility index (Phi) is 4.75. The molecule has 0 aromatic carbocycles. The zero-order valence-corrected chi connectivity index (χ0v) is 12.3. The third-order valence-corrected chi connectivity index (χ3v) is 3.81. The number of piperidine rings is 1. The van der Waals surface area contributed by atoms with Crippen LogP contribution in [0.3, 0.4) is 0 Å². The molecule has 0 atom stereocenters. The van der Waals surface area contributed by atoms with Crippen LogP contribution in [0.25, 0.3) is 0 Å². The average molecular weight is 282 g/mol. The third kappa shape index (κ3) is 3.66. The standard InChI is InChI=1S/C14H20ClN3O/c1-3-4-11-5-7-18(8-6-11)13(19)12-9-10(2)16-14(15)17-12/h9,11H,3-8H2,1-2H3. The summed E-state index contributed by atoms with van der Waals surface area (Å²) in [5.41, 5.74) is 1.13. The first-order valence-corrected chi connectivity index (χ1v) is 7.28. The van der Waals surface area contributed by atoms with Gasteiger partial charge in [-0.1, -0.05) is 19.8 Å². The molecule has 4 nitrogen and oxygen atoms in total. The van der Waals surface area contributed by atoms with Gasteiger partial charge in [0.15, 0.2) is 0 Å². The quantitative estimate of drug-likeness (QED) is 0.800. The van der Waals surface area contributed by atoms with Gasteiger partial charge in [0.25, 0.3) is 5.91 Å². The number of likely N-dealkylation sites (tertiary alicyclic amines) is 1. The zero-order valence-electron chi connectivity index (χ0n) is 11.5. The molecule has 1 saturated heterocycles. The number of carbonyl (C=O) groups excluding carboxylic acids is 1. The lowest BCUT2D eigenvalue weighted by atomic mass is 9.92. The largest absolute Gasteiger partial charge is 0.337 e. The van der Waals surface area contributed by atoms with E-state index in [1.807, 2.05) is 11.8 Å². The number of amides is 1. The molecular formula is C14H20ClN3O. The number of aryl methyl sites for hydroxylation is 1. The minimum atomic E-state index is -0.0256. The van der Waals surface area contributed by atoms with Gasteiger partial charge in [0.05, 0.1) is 0 Å². The summed E-state index contributed by atoms with van der Waals surface area (Å²) in [7, 11) is 0. The minimum Gasteiger partial charge on any atom is -0.337 e. The molecule has 0 unspecified atom stereocenters. The molecule has 1 amide bonds. The van der Waals surface area contributed by atoms with Crippen LogP contribution in [0.1, 0.15) is 48.8 Å². The molecule has 0 bridgehead atoms. The van der Waals surface area contributed by atoms with Gasteiger partial charge in [0.2, 0.25) is 5.28 Å². The van der Waals surface area contributed by atoms with Crippen molar-refractivity contribution in [2.45, 2.75) is 39.5 Å². The predicted molar refractivity (Wildman–Crippen MR) is 75.3 cm³/mol. The van der Waals surface area contributed by atoms with Crippen LogP contribution in [0.4, 0.5) is 0 Å². The highest BCUT2D eigenvalue weighted by molar-refractivity contribution is 6.28. The van der Waals surface area contributed by atoms with Crippen molar-refractivity contribution in [3.63, 3.8) is 0 Å². The van der Waals surface area contributed by atoms with Gasteiger partial charge in [-0.2, -0.15) is 0 Å². The number of hydrogen-bond donors (Lipinski definition) is 0. The minimum absolute atomic E-state index is 0.0256. The molecule has 1 aliphatic rings. The van der Waals surface area contributed by atoms with E-state index < -0.39 is 0 Å². The summed E-state index contributed by atoms with van der Waals surface area (Å²) in [6.45, 7) is 5.68. The molecule has 19 heavy (non-hydrogen) atoms. The number of nitrogens with zero attached hydrogens (tertiary/aromatic N) is 3. The summed E-state index contributed by atoms with van der Waals surface area (Å²) in [6, 6.07) is 1.70. The van der Waals surface area contributed by atoms with Crippen molar-refractivity contribution in [2.75, 3.05) is 13.1 Å². The van der Waals surface area contributed by atoms with Crippen LogP contribution in [0.5, 0.6) is 0 Å². The first kappa shape index (κ1) is 14.3. The van der Waals surface area contributed by atoms with E-state index in [4.69, 9.17) is 11.6 Å². The first-order valence-electron chi connectivity index (χ1n) is 6.90. The Morgan fingerprint density at radius 3 is 2.68 bits per heavy atom. The van der Waals surface area contributed by atoms with Gasteiger partial charge in [0, 0.05) is 18.8 Å². The Morgan fingerprint density at radius 1 is 1.42 bits per heavy atom. The fraction of sp³-hybridized carbons (Fsp3) is 0.643. The van der Waals surface area contributed by atoms with Crippen molar-refractivity contribution in [3.05, 3.63) is 22.7 Å². The topological polar surface area (TPSA) is 46.1 Å². The summed E-state index contributed by atoms with van der Waals surface area (Å²) < 4.78 is 0. The van der Waals surface area contributed by atoms with Gasteiger partial charge in [-0.3, -0.25) is 4.79 Å². The van der Waals surface area contributed by atoms with E-state index in [-0.39, 0.29) is 11.2 Å². The fourth-order valence-corrected chi connectivity index (χ4v) is 2.86. The second-order valence-corrected chi connectivity index (χ2v) is 5.53. The van der Waals surface area contributed by atoms with E-state index in [1.165, 1.54) is 12.8 Å². The second-order valence-electron chi connectivity index (χ2n) is 5.19. The van der Waals surface area contributed by atoms with E-state index in [0.717, 1.165) is 37.5 Å². The Bertz CT molecular complexity index is 436. The number of hydrogen-bond acceptors (Lipinski definition) is 3. The van der Waals surface area contributed by atoms with Crippen molar-refractivity contribution in [2.24, 2.45) is 5.92 Å². The summed E-state index contributed by atoms with van der Waals surface area (Å²) in [4.78, 5) is 22.2. The van der Waals surface area contributed by atoms with Gasteiger partial charge in [-0.05, 0) is 43.4 Å². The Labute approximate surface area is 119 Å². The molecule has 1 aliphatic heterocycles. The van der Waals surface area contributed by atoms with Gasteiger partial charge < -0.3 is 4.90 Å². The molecule has 0 spiro atoms. The van der Waals surface area contributed by atoms with Gasteiger partial charge in [-0.25, -0.2) is 9.97 Å². The molecule has 2 heterocycles. The van der Waals surface area contributed by atoms with E-state index in [9.17, 15) is 4.79 Å². The van der Waals surface area contributed by atoms with Crippen LogP contribution in [0.15, 0.2) is 6.07 Å². The molecule has 0 N–H and O–H groups in total. The smallest absolute Gasteiger partial charge is 0.272 e. The normalized spacial score (nSPS) is 16.7. The van der Waals surface area contributed by atoms with Gasteiger partial charge >= 0.3 is 0 Å². The van der Waals surface area contributed by atoms with E-state index in [0.29, 0.717) is 5.69 Å². The Morgan fingerprint density at radius 2 is 2.11 bits per heavy atom. The number of halogens is 1. The SMILES string of the molecule is CCCC1CCN(C(=O)c2cc(C)nc(Cl)n2)CC1. The zero-order chi connectivity index (χ0) is 13.8. The van der Waals surface area contributed by atoms with Crippen LogP contribution < -0.4 is 0 Å². The van der Waals surface area contributed by atoms with Crippen molar-refractivity contribution in [1.29, 1.82) is 0 Å². The molecule has 104 valence electrons. The number of carbonyl (C=O) groups is 1. The lowest BCUT2D eigenvalue weighted by Gasteiger charge is -2.31. The highest BCUT2D eigenvalue weighted by atomic mass is 35.5. The highest BCUT2D eigenvalue weighted by Gasteiger charge is 2.24. The first-order chi connectivity index (χ1) is 9.10. The maximum Gasteiger partial charge on any atom is 0.272 e. The van der Waals surface area contributed by atoms with Crippen molar-refractivity contribution in [1.82, 2.24) is 14.9 Å². The molecular weight excluding hydrogens is 262 g/mol. The van der Waals surface area contributed by atoms with E-state index >= 15 is 0 Å². The average Bonchev–Trinajstić information content (AvgIpc) is 2.38. The third-order valence-electron chi connectivity index (χ3n) is 3.64. The summed E-state index contributed by atoms with van der Waals surface area (Å²) in [6.07, 6.45) is 4.68. The Balaban J connectivity index is 2.01. The van der Waals surface area contributed by atoms with Crippen molar-refractivity contribution < 1.29 is 4.79 Å². The summed E-state index contributed by atoms with van der Waals surface area (Å²) in [5.74, 6) is 0.743. The monoisotopic (exact) mass is 281 g/mol. The molecule has 1 fully saturated rings. The molecule has 1 aromatic rings. The van der Waals surface area contributed by atoms with E-state index in [1.54, 1.807) is 6.07 Å². The van der Waals surface area contributed by atoms with Crippen LogP contribution >= 0.6 is 11.6 Å². The van der Waals surface area contributed by atoms with Crippen LogP contribution in [-0.2, 0) is 0 Å². The lowest BCUT2D eigenvalue weighted by molar-refractivity contribution is 0.0680. The number of aromatic nitrogens is 2. The van der Waals surface area contributed by atoms with Crippen molar-refractivity contribution in [3.8, 4) is 0 Å². The maximum absolute atomic E-state index is 12.3.